The SMILES string of the molecule is CNC(C)(C)c1cn(C)c2cc(F)ccc12. The van der Waals surface area contributed by atoms with E-state index in [2.05, 4.69) is 25.4 Å². The van der Waals surface area contributed by atoms with E-state index in [4.69, 9.17) is 0 Å². The first-order valence-corrected chi connectivity index (χ1v) is 5.39. The average molecular weight is 220 g/mol. The van der Waals surface area contributed by atoms with Gasteiger partial charge in [0.15, 0.2) is 0 Å². The zero-order valence-corrected chi connectivity index (χ0v) is 10.1. The van der Waals surface area contributed by atoms with Gasteiger partial charge < -0.3 is 9.88 Å². The number of halogens is 1. The third-order valence-corrected chi connectivity index (χ3v) is 3.25. The molecular weight excluding hydrogens is 203 g/mol. The van der Waals surface area contributed by atoms with Crippen molar-refractivity contribution in [3.05, 3.63) is 35.8 Å². The van der Waals surface area contributed by atoms with Crippen molar-refractivity contribution in [1.29, 1.82) is 0 Å². The molecule has 1 N–H and O–H groups in total. The largest absolute Gasteiger partial charge is 0.350 e. The summed E-state index contributed by atoms with van der Waals surface area (Å²) in [6.07, 6.45) is 2.06. The van der Waals surface area contributed by atoms with Gasteiger partial charge in [0.1, 0.15) is 5.82 Å². The smallest absolute Gasteiger partial charge is 0.125 e. The van der Waals surface area contributed by atoms with Crippen LogP contribution in [0.5, 0.6) is 0 Å². The molecule has 0 amide bonds. The monoisotopic (exact) mass is 220 g/mol. The van der Waals surface area contributed by atoms with E-state index in [1.807, 2.05) is 24.7 Å². The number of aryl methyl sites for hydroxylation is 1. The summed E-state index contributed by atoms with van der Waals surface area (Å²) in [4.78, 5) is 0. The second-order valence-corrected chi connectivity index (χ2v) is 4.69. The van der Waals surface area contributed by atoms with Crippen molar-refractivity contribution in [2.24, 2.45) is 7.05 Å². The normalized spacial score (nSPS) is 12.3. The zero-order valence-electron chi connectivity index (χ0n) is 10.1. The Morgan fingerprint density at radius 1 is 1.31 bits per heavy atom. The Kier molecular flexibility index (Phi) is 2.50. The van der Waals surface area contributed by atoms with E-state index in [1.165, 1.54) is 11.6 Å². The van der Waals surface area contributed by atoms with E-state index in [9.17, 15) is 4.39 Å². The number of hydrogen-bond acceptors (Lipinski definition) is 1. The van der Waals surface area contributed by atoms with E-state index in [0.29, 0.717) is 0 Å². The van der Waals surface area contributed by atoms with E-state index < -0.39 is 0 Å². The van der Waals surface area contributed by atoms with Crippen LogP contribution in [0.2, 0.25) is 0 Å². The molecule has 0 saturated heterocycles. The Morgan fingerprint density at radius 2 is 2.00 bits per heavy atom. The van der Waals surface area contributed by atoms with Crippen LogP contribution in [-0.4, -0.2) is 11.6 Å². The minimum atomic E-state index is -0.192. The predicted octanol–water partition coefficient (Wildman–Crippen LogP) is 2.77. The fourth-order valence-electron chi connectivity index (χ4n) is 1.99. The van der Waals surface area contributed by atoms with Crippen LogP contribution in [-0.2, 0) is 12.6 Å². The van der Waals surface area contributed by atoms with Gasteiger partial charge in [0.2, 0.25) is 0 Å². The van der Waals surface area contributed by atoms with Crippen molar-refractivity contribution in [2.45, 2.75) is 19.4 Å². The van der Waals surface area contributed by atoms with Crippen LogP contribution < -0.4 is 5.32 Å². The number of fused-ring (bicyclic) bond motifs is 1. The summed E-state index contributed by atoms with van der Waals surface area (Å²) in [5.41, 5.74) is 2.00. The van der Waals surface area contributed by atoms with Crippen LogP contribution in [0.1, 0.15) is 19.4 Å². The molecule has 0 aliphatic heterocycles. The fraction of sp³-hybridized carbons (Fsp3) is 0.385. The van der Waals surface area contributed by atoms with E-state index in [-0.39, 0.29) is 11.4 Å². The van der Waals surface area contributed by atoms with Gasteiger partial charge in [-0.15, -0.1) is 0 Å². The van der Waals surface area contributed by atoms with Crippen LogP contribution in [0.15, 0.2) is 24.4 Å². The van der Waals surface area contributed by atoms with Crippen molar-refractivity contribution in [3.63, 3.8) is 0 Å². The number of nitrogens with one attached hydrogen (secondary N) is 1. The maximum atomic E-state index is 13.2. The highest BCUT2D eigenvalue weighted by molar-refractivity contribution is 5.85. The fourth-order valence-corrected chi connectivity index (χ4v) is 1.99. The summed E-state index contributed by atoms with van der Waals surface area (Å²) >= 11 is 0. The van der Waals surface area contributed by atoms with Crippen LogP contribution in [0.4, 0.5) is 4.39 Å². The van der Waals surface area contributed by atoms with Crippen molar-refractivity contribution < 1.29 is 4.39 Å². The van der Waals surface area contributed by atoms with E-state index in [1.54, 1.807) is 6.07 Å². The third kappa shape index (κ3) is 1.61. The molecule has 1 aromatic carbocycles. The molecule has 2 rings (SSSR count). The standard InChI is InChI=1S/C13H17FN2/c1-13(2,15-3)11-8-16(4)12-7-9(14)5-6-10(11)12/h5-8,15H,1-4H3. The predicted molar refractivity (Wildman–Crippen MR) is 65.0 cm³/mol. The lowest BCUT2D eigenvalue weighted by molar-refractivity contribution is 0.447. The minimum absolute atomic E-state index is 0.114. The first kappa shape index (κ1) is 11.1. The Morgan fingerprint density at radius 3 is 2.62 bits per heavy atom. The lowest BCUT2D eigenvalue weighted by Crippen LogP contribution is -2.32. The maximum absolute atomic E-state index is 13.2. The van der Waals surface area contributed by atoms with Gasteiger partial charge in [-0.2, -0.15) is 0 Å². The first-order valence-electron chi connectivity index (χ1n) is 5.39. The highest BCUT2D eigenvalue weighted by atomic mass is 19.1. The number of aromatic nitrogens is 1. The van der Waals surface area contributed by atoms with Crippen molar-refractivity contribution in [1.82, 2.24) is 9.88 Å². The number of nitrogens with zero attached hydrogens (tertiary/aromatic N) is 1. The van der Waals surface area contributed by atoms with Crippen LogP contribution in [0.25, 0.3) is 10.9 Å². The van der Waals surface area contributed by atoms with E-state index in [0.717, 1.165) is 10.9 Å². The molecule has 0 unspecified atom stereocenters. The highest BCUT2D eigenvalue weighted by Crippen LogP contribution is 2.29. The maximum Gasteiger partial charge on any atom is 0.125 e. The first-order chi connectivity index (χ1) is 7.45. The van der Waals surface area contributed by atoms with Gasteiger partial charge in [0, 0.05) is 24.2 Å². The van der Waals surface area contributed by atoms with Gasteiger partial charge in [-0.3, -0.25) is 0 Å². The molecule has 0 aliphatic carbocycles. The summed E-state index contributed by atoms with van der Waals surface area (Å²) in [7, 11) is 3.87. The van der Waals surface area contributed by atoms with Gasteiger partial charge in [-0.05, 0) is 44.7 Å². The lowest BCUT2D eigenvalue weighted by Gasteiger charge is -2.23. The molecule has 0 atom stereocenters. The van der Waals surface area contributed by atoms with Gasteiger partial charge in [-0.1, -0.05) is 0 Å². The Bertz CT molecular complexity index is 526. The highest BCUT2D eigenvalue weighted by Gasteiger charge is 2.22. The molecule has 0 bridgehead atoms. The Labute approximate surface area is 95.1 Å². The molecule has 2 aromatic rings. The minimum Gasteiger partial charge on any atom is -0.350 e. The van der Waals surface area contributed by atoms with E-state index >= 15 is 0 Å². The molecule has 86 valence electrons. The molecule has 0 saturated carbocycles. The molecule has 0 aliphatic rings. The number of benzene rings is 1. The van der Waals surface area contributed by atoms with Crippen LogP contribution in [0.3, 0.4) is 0 Å². The number of hydrogen-bond donors (Lipinski definition) is 1. The Hall–Kier alpha value is -1.35. The summed E-state index contributed by atoms with van der Waals surface area (Å²) in [5.74, 6) is -0.192. The summed E-state index contributed by atoms with van der Waals surface area (Å²) in [6.45, 7) is 4.23. The molecule has 3 heteroatoms. The van der Waals surface area contributed by atoms with Crippen molar-refractivity contribution in [3.8, 4) is 0 Å². The summed E-state index contributed by atoms with van der Waals surface area (Å²) in [5, 5.41) is 4.37. The van der Waals surface area contributed by atoms with Crippen LogP contribution in [0, 0.1) is 5.82 Å². The lowest BCUT2D eigenvalue weighted by atomic mass is 9.94. The van der Waals surface area contributed by atoms with Gasteiger partial charge in [0.05, 0.1) is 5.52 Å². The third-order valence-electron chi connectivity index (χ3n) is 3.25. The average Bonchev–Trinajstić information content (AvgIpc) is 2.57. The van der Waals surface area contributed by atoms with Gasteiger partial charge >= 0.3 is 0 Å². The molecule has 0 spiro atoms. The second-order valence-electron chi connectivity index (χ2n) is 4.69. The Balaban J connectivity index is 2.73. The van der Waals surface area contributed by atoms with Gasteiger partial charge in [0.25, 0.3) is 0 Å². The molecule has 16 heavy (non-hydrogen) atoms. The summed E-state index contributed by atoms with van der Waals surface area (Å²) in [6, 6.07) is 4.93. The summed E-state index contributed by atoms with van der Waals surface area (Å²) < 4.78 is 15.1. The van der Waals surface area contributed by atoms with Crippen molar-refractivity contribution in [2.75, 3.05) is 7.05 Å². The molecular formula is C13H17FN2. The molecule has 0 radical (unpaired) electrons. The molecule has 0 fully saturated rings. The van der Waals surface area contributed by atoms with Crippen molar-refractivity contribution >= 4 is 10.9 Å². The topological polar surface area (TPSA) is 17.0 Å². The van der Waals surface area contributed by atoms with Crippen LogP contribution >= 0.6 is 0 Å². The zero-order chi connectivity index (χ0) is 11.9. The second kappa shape index (κ2) is 3.59. The quantitative estimate of drug-likeness (QED) is 0.823. The molecule has 1 heterocycles. The molecule has 2 nitrogen and oxygen atoms in total. The molecule has 1 aromatic heterocycles. The van der Waals surface area contributed by atoms with Gasteiger partial charge in [-0.25, -0.2) is 4.39 Å². The number of rotatable bonds is 2.